The van der Waals surface area contributed by atoms with E-state index in [0.29, 0.717) is 6.54 Å². The number of benzene rings is 2. The van der Waals surface area contributed by atoms with Crippen LogP contribution in [-0.4, -0.2) is 29.9 Å². The Hall–Kier alpha value is -2.69. The molecule has 2 aromatic carbocycles. The highest BCUT2D eigenvalue weighted by Gasteiger charge is 2.50. The molecular formula is C21H23FN2O2. The van der Waals surface area contributed by atoms with Crippen LogP contribution in [0.1, 0.15) is 30.5 Å². The van der Waals surface area contributed by atoms with Gasteiger partial charge in [0, 0.05) is 19.5 Å². The molecule has 4 nitrogen and oxygen atoms in total. The summed E-state index contributed by atoms with van der Waals surface area (Å²) in [7, 11) is 0. The Morgan fingerprint density at radius 3 is 2.38 bits per heavy atom. The highest BCUT2D eigenvalue weighted by molar-refractivity contribution is 5.92. The smallest absolute Gasteiger partial charge is 0.231 e. The van der Waals surface area contributed by atoms with Crippen LogP contribution < -0.4 is 5.32 Å². The molecule has 0 saturated carbocycles. The highest BCUT2D eigenvalue weighted by atomic mass is 19.1. The predicted molar refractivity (Wildman–Crippen MR) is 97.9 cm³/mol. The third-order valence-corrected chi connectivity index (χ3v) is 5.07. The maximum absolute atomic E-state index is 13.9. The summed E-state index contributed by atoms with van der Waals surface area (Å²) in [4.78, 5) is 26.8. The largest absolute Gasteiger partial charge is 0.351 e. The van der Waals surface area contributed by atoms with Gasteiger partial charge in [0.2, 0.25) is 11.8 Å². The van der Waals surface area contributed by atoms with Gasteiger partial charge in [-0.2, -0.15) is 0 Å². The maximum Gasteiger partial charge on any atom is 0.231 e. The molecule has 0 bridgehead atoms. The molecular weight excluding hydrogens is 331 g/mol. The summed E-state index contributed by atoms with van der Waals surface area (Å²) < 4.78 is 13.9. The molecule has 2 aromatic rings. The lowest BCUT2D eigenvalue weighted by molar-refractivity contribution is -0.133. The van der Waals surface area contributed by atoms with Crippen LogP contribution in [-0.2, 0) is 16.1 Å². The molecule has 1 unspecified atom stereocenters. The van der Waals surface area contributed by atoms with E-state index >= 15 is 0 Å². The molecule has 0 aromatic heterocycles. The number of nitrogens with zero attached hydrogens (tertiary/aromatic N) is 1. The van der Waals surface area contributed by atoms with Crippen molar-refractivity contribution in [2.45, 2.75) is 25.9 Å². The van der Waals surface area contributed by atoms with E-state index in [1.807, 2.05) is 67.6 Å². The third kappa shape index (κ3) is 3.62. The van der Waals surface area contributed by atoms with Gasteiger partial charge >= 0.3 is 0 Å². The van der Waals surface area contributed by atoms with Gasteiger partial charge in [-0.25, -0.2) is 4.39 Å². The van der Waals surface area contributed by atoms with E-state index in [1.165, 1.54) is 0 Å². The summed E-state index contributed by atoms with van der Waals surface area (Å²) in [6.45, 7) is 1.48. The zero-order chi connectivity index (χ0) is 18.6. The number of alkyl halides is 1. The van der Waals surface area contributed by atoms with Crippen LogP contribution in [0, 0.1) is 5.41 Å². The predicted octanol–water partition coefficient (Wildman–Crippen LogP) is 3.25. The summed E-state index contributed by atoms with van der Waals surface area (Å²) in [5.74, 6) is -0.589. The van der Waals surface area contributed by atoms with E-state index in [0.717, 1.165) is 11.1 Å². The molecule has 1 fully saturated rings. The second-order valence-corrected chi connectivity index (χ2v) is 6.87. The van der Waals surface area contributed by atoms with Gasteiger partial charge in [-0.05, 0) is 18.1 Å². The molecule has 2 atom stereocenters. The number of halogens is 1. The van der Waals surface area contributed by atoms with Crippen molar-refractivity contribution in [1.29, 1.82) is 0 Å². The Bertz CT molecular complexity index is 766. The molecule has 136 valence electrons. The molecule has 1 saturated heterocycles. The molecule has 0 spiro atoms. The number of likely N-dealkylation sites (tertiary alicyclic amines) is 1. The fraction of sp³-hybridized carbons (Fsp3) is 0.333. The first-order chi connectivity index (χ1) is 12.6. The minimum atomic E-state index is -1.31. The summed E-state index contributed by atoms with van der Waals surface area (Å²) in [6.07, 6.45) is -0.0959. The average molecular weight is 354 g/mol. The van der Waals surface area contributed by atoms with Crippen LogP contribution in [0.4, 0.5) is 4.39 Å². The van der Waals surface area contributed by atoms with Crippen molar-refractivity contribution in [1.82, 2.24) is 10.2 Å². The maximum atomic E-state index is 13.9. The van der Waals surface area contributed by atoms with Crippen LogP contribution in [0.5, 0.6) is 0 Å². The zero-order valence-electron chi connectivity index (χ0n) is 14.8. The van der Waals surface area contributed by atoms with Crippen molar-refractivity contribution in [3.63, 3.8) is 0 Å². The monoisotopic (exact) mass is 354 g/mol. The lowest BCUT2D eigenvalue weighted by atomic mass is 9.87. The zero-order valence-corrected chi connectivity index (χ0v) is 14.8. The lowest BCUT2D eigenvalue weighted by Gasteiger charge is -2.28. The number of carbonyl (C=O) groups is 2. The topological polar surface area (TPSA) is 49.4 Å². The van der Waals surface area contributed by atoms with E-state index in [1.54, 1.807) is 4.90 Å². The van der Waals surface area contributed by atoms with Crippen molar-refractivity contribution in [2.24, 2.45) is 5.41 Å². The van der Waals surface area contributed by atoms with Crippen molar-refractivity contribution < 1.29 is 14.0 Å². The molecule has 1 N–H and O–H groups in total. The van der Waals surface area contributed by atoms with Crippen LogP contribution in [0.2, 0.25) is 0 Å². The van der Waals surface area contributed by atoms with Crippen LogP contribution in [0.15, 0.2) is 60.7 Å². The molecule has 1 aliphatic rings. The van der Waals surface area contributed by atoms with Crippen LogP contribution >= 0.6 is 0 Å². The Kier molecular flexibility index (Phi) is 5.35. The number of amides is 2. The molecule has 0 aliphatic carbocycles. The Labute approximate surface area is 153 Å². The van der Waals surface area contributed by atoms with Gasteiger partial charge < -0.3 is 10.2 Å². The van der Waals surface area contributed by atoms with Crippen molar-refractivity contribution in [3.8, 4) is 0 Å². The van der Waals surface area contributed by atoms with Crippen molar-refractivity contribution >= 4 is 11.8 Å². The Morgan fingerprint density at radius 2 is 1.77 bits per heavy atom. The highest BCUT2D eigenvalue weighted by Crippen LogP contribution is 2.37. The van der Waals surface area contributed by atoms with E-state index in [4.69, 9.17) is 0 Å². The first-order valence-corrected chi connectivity index (χ1v) is 8.78. The Morgan fingerprint density at radius 1 is 1.15 bits per heavy atom. The summed E-state index contributed by atoms with van der Waals surface area (Å²) >= 11 is 0. The summed E-state index contributed by atoms with van der Waals surface area (Å²) in [6, 6.07) is 18.8. The molecule has 2 amide bonds. The van der Waals surface area contributed by atoms with Gasteiger partial charge in [-0.15, -0.1) is 0 Å². The third-order valence-electron chi connectivity index (χ3n) is 5.07. The summed E-state index contributed by atoms with van der Waals surface area (Å²) in [5, 5.41) is 2.79. The SMILES string of the molecule is C[C@@H](c1ccccc1)N1CC(CF)(C(=O)NCc2ccccc2)CC1=O. The quantitative estimate of drug-likeness (QED) is 0.866. The molecule has 1 aliphatic heterocycles. The van der Waals surface area contributed by atoms with E-state index < -0.39 is 18.0 Å². The van der Waals surface area contributed by atoms with Gasteiger partial charge in [0.1, 0.15) is 12.1 Å². The normalized spacial score (nSPS) is 20.8. The number of rotatable bonds is 6. The number of carbonyl (C=O) groups excluding carboxylic acids is 2. The van der Waals surface area contributed by atoms with Crippen molar-refractivity contribution in [2.75, 3.05) is 13.2 Å². The number of hydrogen-bond donors (Lipinski definition) is 1. The van der Waals surface area contributed by atoms with E-state index in [9.17, 15) is 14.0 Å². The van der Waals surface area contributed by atoms with Crippen LogP contribution in [0.25, 0.3) is 0 Å². The fourth-order valence-corrected chi connectivity index (χ4v) is 3.39. The standard InChI is InChI=1S/C21H23FN2O2/c1-16(18-10-6-3-7-11-18)24-15-21(14-22,12-19(24)25)20(26)23-13-17-8-4-2-5-9-17/h2-11,16H,12-15H2,1H3,(H,23,26)/t16-,21?/m0/s1. The first kappa shape index (κ1) is 18.1. The molecule has 0 radical (unpaired) electrons. The second kappa shape index (κ2) is 7.68. The van der Waals surface area contributed by atoms with Gasteiger partial charge in [0.25, 0.3) is 0 Å². The fourth-order valence-electron chi connectivity index (χ4n) is 3.39. The molecule has 1 heterocycles. The second-order valence-electron chi connectivity index (χ2n) is 6.87. The molecule has 26 heavy (non-hydrogen) atoms. The molecule has 5 heteroatoms. The van der Waals surface area contributed by atoms with Gasteiger partial charge in [0.15, 0.2) is 0 Å². The lowest BCUT2D eigenvalue weighted by Crippen LogP contribution is -2.44. The minimum Gasteiger partial charge on any atom is -0.351 e. The van der Waals surface area contributed by atoms with Gasteiger partial charge in [-0.1, -0.05) is 60.7 Å². The minimum absolute atomic E-state index is 0.0959. The van der Waals surface area contributed by atoms with Gasteiger partial charge in [-0.3, -0.25) is 9.59 Å². The van der Waals surface area contributed by atoms with E-state index in [-0.39, 0.29) is 24.9 Å². The number of hydrogen-bond acceptors (Lipinski definition) is 2. The van der Waals surface area contributed by atoms with Crippen LogP contribution in [0.3, 0.4) is 0 Å². The number of nitrogens with one attached hydrogen (secondary N) is 1. The first-order valence-electron chi connectivity index (χ1n) is 8.78. The molecule has 3 rings (SSSR count). The Balaban J connectivity index is 1.71. The van der Waals surface area contributed by atoms with Gasteiger partial charge in [0.05, 0.1) is 6.04 Å². The summed E-state index contributed by atoms with van der Waals surface area (Å²) in [5.41, 5.74) is 0.600. The van der Waals surface area contributed by atoms with Crippen molar-refractivity contribution in [3.05, 3.63) is 71.8 Å². The van der Waals surface area contributed by atoms with E-state index in [2.05, 4.69) is 5.32 Å². The average Bonchev–Trinajstić information content (AvgIpc) is 3.05.